The Labute approximate surface area is 198 Å². The van der Waals surface area contributed by atoms with Gasteiger partial charge in [-0.2, -0.15) is 5.26 Å². The SMILES string of the molecule is C=C/C=C(\N=C(C)Nc1ccc(C(=O)O)c(OC)c1)c1ccc(OC2CCOCC2)c(C#N)c1. The van der Waals surface area contributed by atoms with E-state index in [1.807, 2.05) is 6.07 Å². The number of aromatic carboxylic acids is 1. The number of allylic oxidation sites excluding steroid dienone is 2. The molecular weight excluding hydrogens is 434 g/mol. The molecule has 34 heavy (non-hydrogen) atoms. The number of amidine groups is 1. The van der Waals surface area contributed by atoms with E-state index in [1.54, 1.807) is 43.3 Å². The highest BCUT2D eigenvalue weighted by Gasteiger charge is 2.18. The lowest BCUT2D eigenvalue weighted by molar-refractivity contribution is 0.0254. The average Bonchev–Trinajstić information content (AvgIpc) is 2.84. The third-order valence-electron chi connectivity index (χ3n) is 5.18. The van der Waals surface area contributed by atoms with Gasteiger partial charge in [0.05, 0.1) is 31.6 Å². The van der Waals surface area contributed by atoms with Crippen molar-refractivity contribution >= 4 is 23.2 Å². The molecule has 1 aliphatic rings. The molecule has 0 bridgehead atoms. The fourth-order valence-corrected chi connectivity index (χ4v) is 3.53. The van der Waals surface area contributed by atoms with Crippen LogP contribution in [-0.4, -0.2) is 43.3 Å². The van der Waals surface area contributed by atoms with E-state index in [0.717, 1.165) is 18.4 Å². The second-order valence-electron chi connectivity index (χ2n) is 7.58. The molecule has 8 heteroatoms. The molecular formula is C26H27N3O5. The molecule has 0 amide bonds. The van der Waals surface area contributed by atoms with E-state index in [-0.39, 0.29) is 17.4 Å². The first-order chi connectivity index (χ1) is 16.4. The topological polar surface area (TPSA) is 113 Å². The third-order valence-corrected chi connectivity index (χ3v) is 5.18. The van der Waals surface area contributed by atoms with Gasteiger partial charge in [-0.3, -0.25) is 0 Å². The monoisotopic (exact) mass is 461 g/mol. The molecule has 1 fully saturated rings. The van der Waals surface area contributed by atoms with Gasteiger partial charge in [0, 0.05) is 30.2 Å². The van der Waals surface area contributed by atoms with Crippen molar-refractivity contribution in [3.63, 3.8) is 0 Å². The second-order valence-corrected chi connectivity index (χ2v) is 7.58. The van der Waals surface area contributed by atoms with Gasteiger partial charge in [0.25, 0.3) is 0 Å². The number of carboxylic acids is 1. The Kier molecular flexibility index (Phi) is 8.43. The first kappa shape index (κ1) is 24.6. The summed E-state index contributed by atoms with van der Waals surface area (Å²) in [7, 11) is 1.42. The van der Waals surface area contributed by atoms with Crippen LogP contribution in [0.5, 0.6) is 11.5 Å². The number of nitrogens with zero attached hydrogens (tertiary/aromatic N) is 2. The zero-order valence-corrected chi connectivity index (χ0v) is 19.2. The number of nitriles is 1. The molecule has 0 radical (unpaired) electrons. The minimum absolute atomic E-state index is 0.0314. The van der Waals surface area contributed by atoms with E-state index in [9.17, 15) is 15.2 Å². The van der Waals surface area contributed by atoms with Crippen LogP contribution in [0.25, 0.3) is 5.70 Å². The molecule has 0 aliphatic carbocycles. The van der Waals surface area contributed by atoms with Gasteiger partial charge in [-0.15, -0.1) is 0 Å². The van der Waals surface area contributed by atoms with E-state index in [1.165, 1.54) is 13.2 Å². The fraction of sp³-hybridized carbons (Fsp3) is 0.269. The lowest BCUT2D eigenvalue weighted by Gasteiger charge is -2.23. The van der Waals surface area contributed by atoms with E-state index in [2.05, 4.69) is 23.0 Å². The first-order valence-corrected chi connectivity index (χ1v) is 10.8. The van der Waals surface area contributed by atoms with Crippen molar-refractivity contribution in [2.75, 3.05) is 25.6 Å². The Hall–Kier alpha value is -4.09. The molecule has 0 spiro atoms. The number of aliphatic imine (C=N–C) groups is 1. The predicted octanol–water partition coefficient (Wildman–Crippen LogP) is 4.88. The predicted molar refractivity (Wildman–Crippen MR) is 130 cm³/mol. The normalized spacial score (nSPS) is 14.7. The summed E-state index contributed by atoms with van der Waals surface area (Å²) in [5.74, 6) is 0.272. The van der Waals surface area contributed by atoms with Gasteiger partial charge in [-0.05, 0) is 43.3 Å². The van der Waals surface area contributed by atoms with Crippen molar-refractivity contribution in [3.05, 3.63) is 71.8 Å². The molecule has 3 rings (SSSR count). The van der Waals surface area contributed by atoms with Crippen LogP contribution < -0.4 is 14.8 Å². The Morgan fingerprint density at radius 3 is 2.68 bits per heavy atom. The van der Waals surface area contributed by atoms with Crippen LogP contribution in [0.4, 0.5) is 5.69 Å². The van der Waals surface area contributed by atoms with E-state index in [0.29, 0.717) is 41.7 Å². The van der Waals surface area contributed by atoms with Crippen molar-refractivity contribution in [2.24, 2.45) is 4.99 Å². The third kappa shape index (κ3) is 6.24. The summed E-state index contributed by atoms with van der Waals surface area (Å²) >= 11 is 0. The number of carboxylic acid groups (broad SMARTS) is 1. The van der Waals surface area contributed by atoms with E-state index >= 15 is 0 Å². The number of hydrogen-bond acceptors (Lipinski definition) is 6. The van der Waals surface area contributed by atoms with Crippen LogP contribution in [0.3, 0.4) is 0 Å². The highest BCUT2D eigenvalue weighted by atomic mass is 16.5. The molecule has 176 valence electrons. The van der Waals surface area contributed by atoms with Gasteiger partial charge in [-0.1, -0.05) is 12.7 Å². The Morgan fingerprint density at radius 2 is 2.03 bits per heavy atom. The summed E-state index contributed by atoms with van der Waals surface area (Å²) in [6.07, 6.45) is 4.98. The number of hydrogen-bond donors (Lipinski definition) is 2. The number of ether oxygens (including phenoxy) is 3. The maximum Gasteiger partial charge on any atom is 0.339 e. The van der Waals surface area contributed by atoms with Gasteiger partial charge in [0.2, 0.25) is 0 Å². The average molecular weight is 462 g/mol. The highest BCUT2D eigenvalue weighted by molar-refractivity contribution is 5.98. The minimum atomic E-state index is -1.07. The van der Waals surface area contributed by atoms with Crippen molar-refractivity contribution in [1.82, 2.24) is 0 Å². The molecule has 8 nitrogen and oxygen atoms in total. The van der Waals surface area contributed by atoms with Gasteiger partial charge < -0.3 is 24.6 Å². The number of anilines is 1. The van der Waals surface area contributed by atoms with E-state index in [4.69, 9.17) is 14.2 Å². The zero-order valence-electron chi connectivity index (χ0n) is 19.2. The van der Waals surface area contributed by atoms with Gasteiger partial charge in [-0.25, -0.2) is 9.79 Å². The molecule has 1 heterocycles. The summed E-state index contributed by atoms with van der Waals surface area (Å²) < 4.78 is 16.6. The number of benzene rings is 2. The van der Waals surface area contributed by atoms with Crippen LogP contribution in [-0.2, 0) is 4.74 Å². The quantitative estimate of drug-likeness (QED) is 0.327. The van der Waals surface area contributed by atoms with Crippen LogP contribution in [0.15, 0.2) is 60.1 Å². The molecule has 0 unspecified atom stereocenters. The fourth-order valence-electron chi connectivity index (χ4n) is 3.53. The largest absolute Gasteiger partial charge is 0.496 e. The number of carbonyl (C=O) groups is 1. The number of rotatable bonds is 8. The molecule has 0 aromatic heterocycles. The maximum absolute atomic E-state index is 11.3. The number of nitrogens with one attached hydrogen (secondary N) is 1. The summed E-state index contributed by atoms with van der Waals surface area (Å²) in [6.45, 7) is 6.86. The van der Waals surface area contributed by atoms with Crippen molar-refractivity contribution in [3.8, 4) is 17.6 Å². The molecule has 2 N–H and O–H groups in total. The van der Waals surface area contributed by atoms with Crippen molar-refractivity contribution in [1.29, 1.82) is 5.26 Å². The van der Waals surface area contributed by atoms with Crippen molar-refractivity contribution in [2.45, 2.75) is 25.9 Å². The standard InChI is InChI=1S/C26H27N3O5/c1-4-5-23(29-17(2)28-20-7-8-22(26(30)31)25(15-20)32-3)18-6-9-24(19(14-18)16-27)34-21-10-12-33-13-11-21/h4-9,14-15,21H,1,10-13H2,2-3H3,(H,28,29)(H,30,31)/b23-5-. The molecule has 2 aromatic carbocycles. The van der Waals surface area contributed by atoms with Gasteiger partial charge in [0.1, 0.15) is 35.1 Å². The van der Waals surface area contributed by atoms with Crippen LogP contribution >= 0.6 is 0 Å². The van der Waals surface area contributed by atoms with Gasteiger partial charge >= 0.3 is 5.97 Å². The molecule has 1 aliphatic heterocycles. The minimum Gasteiger partial charge on any atom is -0.496 e. The Bertz CT molecular complexity index is 1160. The summed E-state index contributed by atoms with van der Waals surface area (Å²) in [4.78, 5) is 15.9. The second kappa shape index (κ2) is 11.7. The van der Waals surface area contributed by atoms with Crippen LogP contribution in [0, 0.1) is 11.3 Å². The summed E-state index contributed by atoms with van der Waals surface area (Å²) in [5.41, 5.74) is 2.45. The number of methoxy groups -OCH3 is 1. The van der Waals surface area contributed by atoms with Crippen molar-refractivity contribution < 1.29 is 24.1 Å². The Balaban J connectivity index is 1.82. The molecule has 2 aromatic rings. The van der Waals surface area contributed by atoms with Gasteiger partial charge in [0.15, 0.2) is 0 Å². The van der Waals surface area contributed by atoms with Crippen LogP contribution in [0.1, 0.15) is 41.3 Å². The van der Waals surface area contributed by atoms with Crippen LogP contribution in [0.2, 0.25) is 0 Å². The highest BCUT2D eigenvalue weighted by Crippen LogP contribution is 2.28. The lowest BCUT2D eigenvalue weighted by Crippen LogP contribution is -2.26. The smallest absolute Gasteiger partial charge is 0.339 e. The maximum atomic E-state index is 11.3. The first-order valence-electron chi connectivity index (χ1n) is 10.8. The summed E-state index contributed by atoms with van der Waals surface area (Å²) in [5, 5.41) is 22.1. The molecule has 0 saturated carbocycles. The Morgan fingerprint density at radius 1 is 1.26 bits per heavy atom. The summed E-state index contributed by atoms with van der Waals surface area (Å²) in [6, 6.07) is 12.3. The zero-order chi connectivity index (χ0) is 24.5. The lowest BCUT2D eigenvalue weighted by atomic mass is 10.1. The van der Waals surface area contributed by atoms with E-state index < -0.39 is 5.97 Å². The molecule has 1 saturated heterocycles. The molecule has 0 atom stereocenters.